The molecule has 0 fully saturated rings. The summed E-state index contributed by atoms with van der Waals surface area (Å²) in [6, 6.07) is 5.52. The van der Waals surface area contributed by atoms with Crippen molar-refractivity contribution >= 4 is 11.6 Å². The molecule has 0 spiro atoms. The average molecular weight is 266 g/mol. The maximum absolute atomic E-state index is 11.5. The van der Waals surface area contributed by atoms with Gasteiger partial charge in [-0.3, -0.25) is 4.79 Å². The van der Waals surface area contributed by atoms with E-state index in [0.29, 0.717) is 32.1 Å². The number of methoxy groups -OCH3 is 1. The monoisotopic (exact) mass is 266 g/mol. The van der Waals surface area contributed by atoms with Crippen LogP contribution in [0.25, 0.3) is 0 Å². The van der Waals surface area contributed by atoms with E-state index in [0.717, 1.165) is 11.4 Å². The number of hydrogen-bond acceptors (Lipinski definition) is 5. The quantitative estimate of drug-likeness (QED) is 0.739. The zero-order valence-electron chi connectivity index (χ0n) is 10.9. The van der Waals surface area contributed by atoms with Gasteiger partial charge in [-0.15, -0.1) is 0 Å². The summed E-state index contributed by atoms with van der Waals surface area (Å²) in [6.07, 6.45) is 0. The number of rotatable bonds is 6. The van der Waals surface area contributed by atoms with E-state index >= 15 is 0 Å². The Hall–Kier alpha value is -1.95. The van der Waals surface area contributed by atoms with Gasteiger partial charge in [0.1, 0.15) is 13.2 Å². The molecule has 2 rings (SSSR count). The zero-order chi connectivity index (χ0) is 13.5. The molecular weight excluding hydrogens is 248 g/mol. The molecule has 2 N–H and O–H groups in total. The van der Waals surface area contributed by atoms with Gasteiger partial charge in [0.2, 0.25) is 5.91 Å². The van der Waals surface area contributed by atoms with E-state index in [2.05, 4.69) is 10.6 Å². The molecule has 1 aliphatic heterocycles. The molecule has 6 heteroatoms. The van der Waals surface area contributed by atoms with Gasteiger partial charge in [-0.1, -0.05) is 0 Å². The molecule has 0 aliphatic carbocycles. The molecule has 6 nitrogen and oxygen atoms in total. The Morgan fingerprint density at radius 3 is 2.89 bits per heavy atom. The van der Waals surface area contributed by atoms with Crippen LogP contribution in [0.2, 0.25) is 0 Å². The molecule has 1 aliphatic rings. The molecule has 1 aromatic rings. The van der Waals surface area contributed by atoms with Crippen LogP contribution < -0.4 is 20.1 Å². The Morgan fingerprint density at radius 1 is 1.32 bits per heavy atom. The molecule has 0 aromatic heterocycles. The van der Waals surface area contributed by atoms with E-state index in [1.165, 1.54) is 0 Å². The SMILES string of the molecule is COCCNC(=O)CNc1ccc2c(c1)OCCO2. The number of benzene rings is 1. The van der Waals surface area contributed by atoms with Crippen LogP contribution in [-0.2, 0) is 9.53 Å². The lowest BCUT2D eigenvalue weighted by Crippen LogP contribution is -2.32. The Balaban J connectivity index is 1.81. The van der Waals surface area contributed by atoms with E-state index in [-0.39, 0.29) is 12.5 Å². The summed E-state index contributed by atoms with van der Waals surface area (Å²) >= 11 is 0. The molecule has 0 saturated heterocycles. The van der Waals surface area contributed by atoms with Gasteiger partial charge in [0.25, 0.3) is 0 Å². The Labute approximate surface area is 112 Å². The second kappa shape index (κ2) is 6.84. The fraction of sp³-hybridized carbons (Fsp3) is 0.462. The second-order valence-corrected chi connectivity index (χ2v) is 4.05. The van der Waals surface area contributed by atoms with Crippen molar-refractivity contribution in [3.8, 4) is 11.5 Å². The summed E-state index contributed by atoms with van der Waals surface area (Å²) in [5, 5.41) is 5.77. The van der Waals surface area contributed by atoms with Crippen LogP contribution in [-0.4, -0.2) is 45.9 Å². The summed E-state index contributed by atoms with van der Waals surface area (Å²) in [5.41, 5.74) is 0.825. The number of anilines is 1. The van der Waals surface area contributed by atoms with Gasteiger partial charge in [-0.25, -0.2) is 0 Å². The molecular formula is C13H18N2O4. The van der Waals surface area contributed by atoms with Crippen molar-refractivity contribution in [2.24, 2.45) is 0 Å². The topological polar surface area (TPSA) is 68.8 Å². The first-order valence-electron chi connectivity index (χ1n) is 6.19. The molecule has 104 valence electrons. The first-order valence-corrected chi connectivity index (χ1v) is 6.19. The highest BCUT2D eigenvalue weighted by molar-refractivity contribution is 5.80. The smallest absolute Gasteiger partial charge is 0.239 e. The van der Waals surface area contributed by atoms with Crippen LogP contribution in [0.5, 0.6) is 11.5 Å². The van der Waals surface area contributed by atoms with E-state index in [9.17, 15) is 4.79 Å². The van der Waals surface area contributed by atoms with Gasteiger partial charge in [0.15, 0.2) is 11.5 Å². The van der Waals surface area contributed by atoms with Gasteiger partial charge < -0.3 is 24.8 Å². The number of amides is 1. The number of fused-ring (bicyclic) bond motifs is 1. The van der Waals surface area contributed by atoms with E-state index in [1.54, 1.807) is 7.11 Å². The highest BCUT2D eigenvalue weighted by Crippen LogP contribution is 2.32. The lowest BCUT2D eigenvalue weighted by molar-refractivity contribution is -0.119. The van der Waals surface area contributed by atoms with Gasteiger partial charge in [-0.2, -0.15) is 0 Å². The molecule has 1 aromatic carbocycles. The number of hydrogen-bond donors (Lipinski definition) is 2. The number of carbonyl (C=O) groups is 1. The van der Waals surface area contributed by atoms with Crippen molar-refractivity contribution in [3.05, 3.63) is 18.2 Å². The largest absolute Gasteiger partial charge is 0.486 e. The zero-order valence-corrected chi connectivity index (χ0v) is 10.9. The van der Waals surface area contributed by atoms with E-state index in [4.69, 9.17) is 14.2 Å². The fourth-order valence-electron chi connectivity index (χ4n) is 1.69. The van der Waals surface area contributed by atoms with Crippen molar-refractivity contribution in [1.29, 1.82) is 0 Å². The number of nitrogens with one attached hydrogen (secondary N) is 2. The minimum absolute atomic E-state index is 0.0769. The first kappa shape index (κ1) is 13.5. The normalized spacial score (nSPS) is 12.9. The highest BCUT2D eigenvalue weighted by atomic mass is 16.6. The predicted molar refractivity (Wildman–Crippen MR) is 70.8 cm³/mol. The molecule has 0 atom stereocenters. The van der Waals surface area contributed by atoms with Crippen molar-refractivity contribution in [1.82, 2.24) is 5.32 Å². The third kappa shape index (κ3) is 4.03. The molecule has 0 unspecified atom stereocenters. The number of carbonyl (C=O) groups excluding carboxylic acids is 1. The summed E-state index contributed by atoms with van der Waals surface area (Å²) in [5.74, 6) is 1.37. The highest BCUT2D eigenvalue weighted by Gasteiger charge is 2.11. The predicted octanol–water partition coefficient (Wildman–Crippen LogP) is 0.632. The summed E-state index contributed by atoms with van der Waals surface area (Å²) in [6.45, 7) is 2.35. The minimum Gasteiger partial charge on any atom is -0.486 e. The van der Waals surface area contributed by atoms with Gasteiger partial charge in [0.05, 0.1) is 13.2 Å². The fourth-order valence-corrected chi connectivity index (χ4v) is 1.69. The number of ether oxygens (including phenoxy) is 3. The van der Waals surface area contributed by atoms with Crippen LogP contribution in [0.4, 0.5) is 5.69 Å². The van der Waals surface area contributed by atoms with Crippen molar-refractivity contribution in [2.75, 3.05) is 45.3 Å². The first-order chi connectivity index (χ1) is 9.29. The molecule has 1 amide bonds. The molecule has 0 bridgehead atoms. The maximum Gasteiger partial charge on any atom is 0.239 e. The van der Waals surface area contributed by atoms with Crippen LogP contribution in [0.1, 0.15) is 0 Å². The van der Waals surface area contributed by atoms with Gasteiger partial charge >= 0.3 is 0 Å². The summed E-state index contributed by atoms with van der Waals surface area (Å²) in [7, 11) is 1.60. The van der Waals surface area contributed by atoms with Crippen LogP contribution >= 0.6 is 0 Å². The van der Waals surface area contributed by atoms with Gasteiger partial charge in [-0.05, 0) is 12.1 Å². The van der Waals surface area contributed by atoms with E-state index in [1.807, 2.05) is 18.2 Å². The van der Waals surface area contributed by atoms with E-state index < -0.39 is 0 Å². The standard InChI is InChI=1S/C13H18N2O4/c1-17-5-4-14-13(16)9-15-10-2-3-11-12(8-10)19-7-6-18-11/h2-3,8,15H,4-7,9H2,1H3,(H,14,16). The minimum atomic E-state index is -0.0769. The second-order valence-electron chi connectivity index (χ2n) is 4.05. The van der Waals surface area contributed by atoms with Crippen molar-refractivity contribution in [3.63, 3.8) is 0 Å². The third-order valence-electron chi connectivity index (χ3n) is 2.62. The van der Waals surface area contributed by atoms with Crippen LogP contribution in [0.3, 0.4) is 0 Å². The molecule has 1 heterocycles. The molecule has 0 radical (unpaired) electrons. The van der Waals surface area contributed by atoms with Crippen LogP contribution in [0, 0.1) is 0 Å². The Morgan fingerprint density at radius 2 is 2.11 bits per heavy atom. The van der Waals surface area contributed by atoms with Crippen molar-refractivity contribution < 1.29 is 19.0 Å². The Kier molecular flexibility index (Phi) is 4.85. The Bertz CT molecular complexity index is 437. The maximum atomic E-state index is 11.5. The lowest BCUT2D eigenvalue weighted by atomic mass is 10.2. The third-order valence-corrected chi connectivity index (χ3v) is 2.62. The van der Waals surface area contributed by atoms with Crippen LogP contribution in [0.15, 0.2) is 18.2 Å². The lowest BCUT2D eigenvalue weighted by Gasteiger charge is -2.19. The molecule has 19 heavy (non-hydrogen) atoms. The van der Waals surface area contributed by atoms with Crippen molar-refractivity contribution in [2.45, 2.75) is 0 Å². The average Bonchev–Trinajstić information content (AvgIpc) is 2.45. The molecule has 0 saturated carbocycles. The summed E-state index contributed by atoms with van der Waals surface area (Å²) < 4.78 is 15.7. The van der Waals surface area contributed by atoms with Gasteiger partial charge in [0, 0.05) is 25.4 Å². The summed E-state index contributed by atoms with van der Waals surface area (Å²) in [4.78, 5) is 11.5.